The Morgan fingerprint density at radius 3 is 1.80 bits per heavy atom. The molecule has 0 saturated carbocycles. The van der Waals surface area contributed by atoms with E-state index in [1.807, 2.05) is 36.7 Å². The van der Waals surface area contributed by atoms with Crippen molar-refractivity contribution in [2.24, 2.45) is 0 Å². The number of nitrogens with zero attached hydrogens (tertiary/aromatic N) is 2. The summed E-state index contributed by atoms with van der Waals surface area (Å²) >= 11 is 0. The summed E-state index contributed by atoms with van der Waals surface area (Å²) in [7, 11) is 0. The molecular formula is C52H42IrN2-2. The van der Waals surface area contributed by atoms with Crippen molar-refractivity contribution < 1.29 is 20.1 Å². The topological polar surface area (TPSA) is 25.8 Å². The maximum Gasteiger partial charge on any atom is 0.0167 e. The van der Waals surface area contributed by atoms with Crippen LogP contribution in [0.2, 0.25) is 0 Å². The zero-order valence-corrected chi connectivity index (χ0v) is 33.9. The summed E-state index contributed by atoms with van der Waals surface area (Å²) in [6.45, 7) is 8.96. The van der Waals surface area contributed by atoms with Crippen LogP contribution >= 0.6 is 0 Å². The molecule has 0 N–H and O–H groups in total. The molecule has 0 aliphatic carbocycles. The van der Waals surface area contributed by atoms with Crippen LogP contribution in [0.25, 0.3) is 77.1 Å². The molecule has 0 atom stereocenters. The van der Waals surface area contributed by atoms with Gasteiger partial charge in [-0.3, -0.25) is 0 Å². The van der Waals surface area contributed by atoms with Crippen LogP contribution in [0.4, 0.5) is 0 Å². The smallest absolute Gasteiger partial charge is 0.0167 e. The predicted molar refractivity (Wildman–Crippen MR) is 229 cm³/mol. The zero-order valence-electron chi connectivity index (χ0n) is 31.5. The van der Waals surface area contributed by atoms with E-state index in [1.165, 1.54) is 65.7 Å². The number of hydrogen-bond acceptors (Lipinski definition) is 2. The average molecular weight is 887 g/mol. The standard InChI is InChI=1S/C29H26N.C23H16N.Ir/c1-18(2)21-15-22(19(3)4)17-23(16-21)29-28-12-11-25-24-8-6-5-7-20(24)9-10-26(25)27(28)13-14-30-29;1-3-8-18(9-4-1)20-12-7-13-22(16-20)23-17-21(14-15-24-23)19-10-5-2-6-11-19;/h5-16,18-19H,1-4H3;1-12,14-17H;/q2*-1;. The molecule has 0 aliphatic heterocycles. The molecule has 0 bridgehead atoms. The number of benzene rings is 7. The van der Waals surface area contributed by atoms with Crippen LogP contribution in [0.3, 0.4) is 0 Å². The van der Waals surface area contributed by atoms with Gasteiger partial charge in [0.25, 0.3) is 0 Å². The fraction of sp³-hybridized carbons (Fsp3) is 0.115. The quantitative estimate of drug-likeness (QED) is 0.123. The first-order valence-electron chi connectivity index (χ1n) is 18.8. The van der Waals surface area contributed by atoms with E-state index < -0.39 is 0 Å². The third kappa shape index (κ3) is 8.05. The number of fused-ring (bicyclic) bond motifs is 5. The summed E-state index contributed by atoms with van der Waals surface area (Å²) in [4.78, 5) is 9.35. The van der Waals surface area contributed by atoms with Crippen LogP contribution in [0.1, 0.15) is 50.7 Å². The largest absolute Gasteiger partial charge is 0.305 e. The van der Waals surface area contributed by atoms with E-state index >= 15 is 0 Å². The summed E-state index contributed by atoms with van der Waals surface area (Å²) in [5.41, 5.74) is 11.4. The van der Waals surface area contributed by atoms with Gasteiger partial charge in [0.2, 0.25) is 0 Å². The second-order valence-electron chi connectivity index (χ2n) is 14.4. The fourth-order valence-electron chi connectivity index (χ4n) is 7.17. The Bertz CT molecular complexity index is 2610. The van der Waals surface area contributed by atoms with E-state index in [9.17, 15) is 0 Å². The van der Waals surface area contributed by atoms with Crippen LogP contribution in [0.15, 0.2) is 170 Å². The molecule has 3 heteroatoms. The van der Waals surface area contributed by atoms with Gasteiger partial charge >= 0.3 is 0 Å². The van der Waals surface area contributed by atoms with Gasteiger partial charge in [0.15, 0.2) is 0 Å². The molecule has 7 aromatic carbocycles. The van der Waals surface area contributed by atoms with Gasteiger partial charge in [-0.1, -0.05) is 143 Å². The number of aromatic nitrogens is 2. The first-order valence-corrected chi connectivity index (χ1v) is 18.8. The summed E-state index contributed by atoms with van der Waals surface area (Å²) < 4.78 is 0. The summed E-state index contributed by atoms with van der Waals surface area (Å²) in [6, 6.07) is 62.3. The van der Waals surface area contributed by atoms with Gasteiger partial charge in [-0.05, 0) is 84.4 Å². The van der Waals surface area contributed by atoms with Crippen molar-refractivity contribution in [3.05, 3.63) is 193 Å². The summed E-state index contributed by atoms with van der Waals surface area (Å²) in [5.74, 6) is 0.905. The second kappa shape index (κ2) is 16.7. The van der Waals surface area contributed by atoms with Gasteiger partial charge in [0, 0.05) is 32.5 Å². The van der Waals surface area contributed by atoms with Crippen LogP contribution in [0, 0.1) is 12.1 Å². The third-order valence-electron chi connectivity index (χ3n) is 10.2. The summed E-state index contributed by atoms with van der Waals surface area (Å²) in [5, 5.41) is 7.58. The van der Waals surface area contributed by atoms with Crippen molar-refractivity contribution in [3.8, 4) is 44.8 Å². The van der Waals surface area contributed by atoms with Crippen molar-refractivity contribution >= 4 is 32.3 Å². The first-order chi connectivity index (χ1) is 26.4. The van der Waals surface area contributed by atoms with Gasteiger partial charge in [-0.15, -0.1) is 70.3 Å². The van der Waals surface area contributed by atoms with Gasteiger partial charge in [0.05, 0.1) is 0 Å². The zero-order chi connectivity index (χ0) is 37.0. The molecule has 0 amide bonds. The van der Waals surface area contributed by atoms with Gasteiger partial charge in [-0.2, -0.15) is 0 Å². The van der Waals surface area contributed by atoms with Gasteiger partial charge in [-0.25, -0.2) is 0 Å². The Morgan fingerprint density at radius 2 is 1.07 bits per heavy atom. The normalized spacial score (nSPS) is 11.1. The molecule has 2 aromatic heterocycles. The van der Waals surface area contributed by atoms with Gasteiger partial charge < -0.3 is 9.97 Å². The molecule has 1 radical (unpaired) electrons. The molecule has 2 heterocycles. The maximum absolute atomic E-state index is 4.82. The minimum atomic E-state index is 0. The molecular weight excluding hydrogens is 845 g/mol. The molecule has 55 heavy (non-hydrogen) atoms. The molecule has 0 fully saturated rings. The molecule has 0 saturated heterocycles. The van der Waals surface area contributed by atoms with E-state index in [0.29, 0.717) is 11.8 Å². The van der Waals surface area contributed by atoms with Crippen molar-refractivity contribution in [3.63, 3.8) is 0 Å². The van der Waals surface area contributed by atoms with E-state index in [2.05, 4.69) is 178 Å². The van der Waals surface area contributed by atoms with Crippen LogP contribution in [-0.4, -0.2) is 9.97 Å². The fourth-order valence-corrected chi connectivity index (χ4v) is 7.17. The monoisotopic (exact) mass is 887 g/mol. The maximum atomic E-state index is 4.82. The molecule has 9 rings (SSSR count). The van der Waals surface area contributed by atoms with E-state index in [1.54, 1.807) is 0 Å². The van der Waals surface area contributed by atoms with Crippen LogP contribution in [-0.2, 0) is 20.1 Å². The van der Waals surface area contributed by atoms with Crippen molar-refractivity contribution in [2.45, 2.75) is 39.5 Å². The van der Waals surface area contributed by atoms with E-state index in [-0.39, 0.29) is 20.1 Å². The van der Waals surface area contributed by atoms with E-state index in [4.69, 9.17) is 4.98 Å². The Labute approximate surface area is 338 Å². The SMILES string of the molecule is CC(C)c1[c-]c(-c2nccc3c2ccc2c4ccccc4ccc32)cc(C(C)C)c1.[Ir].[c-]1ccc(-c2ccccc2)cc1-c1cc(-c2ccccc2)ccn1. The average Bonchev–Trinajstić information content (AvgIpc) is 3.24. The Kier molecular flexibility index (Phi) is 11.4. The minimum Gasteiger partial charge on any atom is -0.305 e. The Morgan fingerprint density at radius 1 is 0.455 bits per heavy atom. The van der Waals surface area contributed by atoms with Crippen LogP contribution < -0.4 is 0 Å². The second-order valence-corrected chi connectivity index (χ2v) is 14.4. The number of hydrogen-bond donors (Lipinski definition) is 0. The molecule has 0 unspecified atom stereocenters. The van der Waals surface area contributed by atoms with Crippen molar-refractivity contribution in [1.29, 1.82) is 0 Å². The molecule has 9 aromatic rings. The third-order valence-corrected chi connectivity index (χ3v) is 10.2. The summed E-state index contributed by atoms with van der Waals surface area (Å²) in [6.07, 6.45) is 3.80. The van der Waals surface area contributed by atoms with Gasteiger partial charge in [0.1, 0.15) is 0 Å². The Balaban J connectivity index is 0.000000170. The predicted octanol–water partition coefficient (Wildman–Crippen LogP) is 14.1. The first kappa shape index (κ1) is 37.6. The van der Waals surface area contributed by atoms with Crippen LogP contribution in [0.5, 0.6) is 0 Å². The Hall–Kier alpha value is -5.73. The number of pyridine rings is 2. The van der Waals surface area contributed by atoms with E-state index in [0.717, 1.165) is 22.5 Å². The molecule has 271 valence electrons. The molecule has 0 spiro atoms. The molecule has 2 nitrogen and oxygen atoms in total. The number of rotatable bonds is 6. The minimum absolute atomic E-state index is 0. The van der Waals surface area contributed by atoms with Crippen molar-refractivity contribution in [1.82, 2.24) is 9.97 Å². The molecule has 0 aliphatic rings. The van der Waals surface area contributed by atoms with Crippen molar-refractivity contribution in [2.75, 3.05) is 0 Å².